The third-order valence-corrected chi connectivity index (χ3v) is 5.03. The van der Waals surface area contributed by atoms with Crippen LogP contribution in [0.3, 0.4) is 0 Å². The van der Waals surface area contributed by atoms with Crippen LogP contribution in [0.1, 0.15) is 31.1 Å². The number of anilines is 1. The molecule has 0 aliphatic heterocycles. The number of nitrogens with one attached hydrogen (secondary N) is 3. The van der Waals surface area contributed by atoms with Gasteiger partial charge in [0.15, 0.2) is 0 Å². The zero-order valence-corrected chi connectivity index (χ0v) is 18.3. The molecule has 152 valence electrons. The molecular weight excluding hydrogens is 493 g/mol. The quantitative estimate of drug-likeness (QED) is 0.431. The molecule has 9 heteroatoms. The van der Waals surface area contributed by atoms with E-state index >= 15 is 0 Å². The first kappa shape index (κ1) is 21.8. The van der Waals surface area contributed by atoms with Gasteiger partial charge in [0.2, 0.25) is 0 Å². The summed E-state index contributed by atoms with van der Waals surface area (Å²) in [5.41, 5.74) is 5.95. The average molecular weight is 507 g/mol. The van der Waals surface area contributed by atoms with Gasteiger partial charge in [-0.25, -0.2) is 0 Å². The Balaban J connectivity index is 1.64. The molecule has 6 nitrogen and oxygen atoms in total. The maximum Gasteiger partial charge on any atom is 0.269 e. The molecule has 3 aromatic carbocycles. The summed E-state index contributed by atoms with van der Waals surface area (Å²) >= 11 is 15.2. The van der Waals surface area contributed by atoms with E-state index in [0.717, 1.165) is 4.47 Å². The zero-order valence-electron chi connectivity index (χ0n) is 15.2. The number of amides is 3. The molecule has 0 saturated carbocycles. The largest absolute Gasteiger partial charge is 0.322 e. The topological polar surface area (TPSA) is 87.3 Å². The van der Waals surface area contributed by atoms with Crippen molar-refractivity contribution in [2.45, 2.75) is 0 Å². The number of carbonyl (C=O) groups excluding carboxylic acids is 3. The summed E-state index contributed by atoms with van der Waals surface area (Å²) < 4.78 is 0.835. The number of carbonyl (C=O) groups is 3. The fourth-order valence-corrected chi connectivity index (χ4v) is 3.23. The molecule has 0 aliphatic rings. The smallest absolute Gasteiger partial charge is 0.269 e. The summed E-state index contributed by atoms with van der Waals surface area (Å²) in [4.78, 5) is 36.9. The molecule has 3 N–H and O–H groups in total. The van der Waals surface area contributed by atoms with E-state index in [1.54, 1.807) is 48.5 Å². The second kappa shape index (κ2) is 9.75. The summed E-state index contributed by atoms with van der Waals surface area (Å²) in [6.45, 7) is 0. The van der Waals surface area contributed by atoms with Crippen molar-refractivity contribution in [3.63, 3.8) is 0 Å². The van der Waals surface area contributed by atoms with Crippen LogP contribution in [-0.2, 0) is 0 Å². The van der Waals surface area contributed by atoms with Gasteiger partial charge in [0.25, 0.3) is 17.7 Å². The number of halogens is 3. The summed E-state index contributed by atoms with van der Waals surface area (Å²) in [5, 5.41) is 3.30. The molecular formula is C21H14BrCl2N3O3. The lowest BCUT2D eigenvalue weighted by Crippen LogP contribution is -2.41. The van der Waals surface area contributed by atoms with Crippen LogP contribution >= 0.6 is 39.1 Å². The van der Waals surface area contributed by atoms with E-state index < -0.39 is 17.7 Å². The van der Waals surface area contributed by atoms with E-state index in [4.69, 9.17) is 23.2 Å². The van der Waals surface area contributed by atoms with Crippen LogP contribution in [0.2, 0.25) is 10.0 Å². The van der Waals surface area contributed by atoms with Crippen molar-refractivity contribution in [3.8, 4) is 0 Å². The van der Waals surface area contributed by atoms with E-state index in [2.05, 4.69) is 32.1 Å². The standard InChI is InChI=1S/C21H14BrCl2N3O3/c22-14-6-4-12(5-7-14)19(28)26-27-20(29)13-2-1-3-16(10-13)25-21(30)17-9-8-15(23)11-18(17)24/h1-11H,(H,25,30)(H,26,28)(H,27,29). The van der Waals surface area contributed by atoms with Crippen LogP contribution in [0, 0.1) is 0 Å². The predicted octanol–water partition coefficient (Wildman–Crippen LogP) is 5.08. The Labute approximate surface area is 190 Å². The van der Waals surface area contributed by atoms with Gasteiger partial charge in [0, 0.05) is 26.3 Å². The molecule has 0 radical (unpaired) electrons. The maximum absolute atomic E-state index is 12.4. The number of hydrogen-bond donors (Lipinski definition) is 3. The van der Waals surface area contributed by atoms with Gasteiger partial charge < -0.3 is 5.32 Å². The first-order valence-electron chi connectivity index (χ1n) is 8.56. The SMILES string of the molecule is O=C(NNC(=O)c1cccc(NC(=O)c2ccc(Cl)cc2Cl)c1)c1ccc(Br)cc1. The van der Waals surface area contributed by atoms with Gasteiger partial charge in [-0.1, -0.05) is 45.2 Å². The molecule has 3 amide bonds. The zero-order chi connectivity index (χ0) is 21.7. The van der Waals surface area contributed by atoms with Crippen LogP contribution in [0.15, 0.2) is 71.2 Å². The molecule has 0 bridgehead atoms. The highest BCUT2D eigenvalue weighted by atomic mass is 79.9. The van der Waals surface area contributed by atoms with Crippen LogP contribution < -0.4 is 16.2 Å². The highest BCUT2D eigenvalue weighted by molar-refractivity contribution is 9.10. The fourth-order valence-electron chi connectivity index (χ4n) is 2.47. The van der Waals surface area contributed by atoms with Gasteiger partial charge in [-0.3, -0.25) is 25.2 Å². The van der Waals surface area contributed by atoms with Crippen LogP contribution in [0.25, 0.3) is 0 Å². The van der Waals surface area contributed by atoms with Crippen molar-refractivity contribution >= 4 is 62.5 Å². The molecule has 30 heavy (non-hydrogen) atoms. The van der Waals surface area contributed by atoms with Crippen molar-refractivity contribution in [2.24, 2.45) is 0 Å². The van der Waals surface area contributed by atoms with Gasteiger partial charge >= 0.3 is 0 Å². The molecule has 0 saturated heterocycles. The lowest BCUT2D eigenvalue weighted by Gasteiger charge is -2.10. The molecule has 0 atom stereocenters. The maximum atomic E-state index is 12.4. The summed E-state index contributed by atoms with van der Waals surface area (Å²) in [7, 11) is 0. The van der Waals surface area contributed by atoms with Crippen molar-refractivity contribution in [2.75, 3.05) is 5.32 Å². The van der Waals surface area contributed by atoms with Gasteiger partial charge in [-0.2, -0.15) is 0 Å². The van der Waals surface area contributed by atoms with E-state index in [1.807, 2.05) is 0 Å². The number of benzene rings is 3. The van der Waals surface area contributed by atoms with Crippen molar-refractivity contribution in [3.05, 3.63) is 97.9 Å². The van der Waals surface area contributed by atoms with Crippen molar-refractivity contribution < 1.29 is 14.4 Å². The summed E-state index contributed by atoms with van der Waals surface area (Å²) in [6, 6.07) is 17.4. The average Bonchev–Trinajstić information content (AvgIpc) is 2.72. The Morgan fingerprint density at radius 3 is 2.07 bits per heavy atom. The molecule has 0 unspecified atom stereocenters. The third-order valence-electron chi connectivity index (χ3n) is 3.95. The molecule has 0 heterocycles. The molecule has 0 aromatic heterocycles. The molecule has 0 spiro atoms. The number of hydrogen-bond acceptors (Lipinski definition) is 3. The van der Waals surface area contributed by atoms with Crippen LogP contribution in [0.5, 0.6) is 0 Å². The first-order valence-corrected chi connectivity index (χ1v) is 10.1. The van der Waals surface area contributed by atoms with E-state index in [9.17, 15) is 14.4 Å². The second-order valence-corrected chi connectivity index (χ2v) is 7.83. The Bertz CT molecular complexity index is 1120. The highest BCUT2D eigenvalue weighted by Crippen LogP contribution is 2.22. The Hall–Kier alpha value is -2.87. The lowest BCUT2D eigenvalue weighted by atomic mass is 10.1. The summed E-state index contributed by atoms with van der Waals surface area (Å²) in [5.74, 6) is -1.45. The van der Waals surface area contributed by atoms with Crippen molar-refractivity contribution in [1.29, 1.82) is 0 Å². The van der Waals surface area contributed by atoms with Gasteiger partial charge in [-0.05, 0) is 60.7 Å². The monoisotopic (exact) mass is 505 g/mol. The Kier molecular flexibility index (Phi) is 7.10. The minimum absolute atomic E-state index is 0.213. The molecule has 3 rings (SSSR count). The lowest BCUT2D eigenvalue weighted by molar-refractivity contribution is 0.0846. The van der Waals surface area contributed by atoms with Gasteiger partial charge in [0.05, 0.1) is 10.6 Å². The van der Waals surface area contributed by atoms with E-state index in [0.29, 0.717) is 16.3 Å². The van der Waals surface area contributed by atoms with Gasteiger partial charge in [-0.15, -0.1) is 0 Å². The normalized spacial score (nSPS) is 10.2. The second-order valence-electron chi connectivity index (χ2n) is 6.07. The first-order chi connectivity index (χ1) is 14.3. The predicted molar refractivity (Wildman–Crippen MR) is 120 cm³/mol. The highest BCUT2D eigenvalue weighted by Gasteiger charge is 2.13. The minimum atomic E-state index is -0.541. The Morgan fingerprint density at radius 2 is 1.40 bits per heavy atom. The van der Waals surface area contributed by atoms with Gasteiger partial charge in [0.1, 0.15) is 0 Å². The number of rotatable bonds is 4. The molecule has 3 aromatic rings. The van der Waals surface area contributed by atoms with Crippen molar-refractivity contribution in [1.82, 2.24) is 10.9 Å². The summed E-state index contributed by atoms with van der Waals surface area (Å²) in [6.07, 6.45) is 0. The number of hydrazine groups is 1. The third kappa shape index (κ3) is 5.60. The fraction of sp³-hybridized carbons (Fsp3) is 0. The molecule has 0 fully saturated rings. The Morgan fingerprint density at radius 1 is 0.733 bits per heavy atom. The van der Waals surface area contributed by atoms with Crippen LogP contribution in [-0.4, -0.2) is 17.7 Å². The van der Waals surface area contributed by atoms with E-state index in [-0.39, 0.29) is 16.1 Å². The molecule has 0 aliphatic carbocycles. The van der Waals surface area contributed by atoms with E-state index in [1.165, 1.54) is 18.2 Å². The minimum Gasteiger partial charge on any atom is -0.322 e. The van der Waals surface area contributed by atoms with Crippen LogP contribution in [0.4, 0.5) is 5.69 Å².